The molecule has 0 fully saturated rings. The van der Waals surface area contributed by atoms with Crippen molar-refractivity contribution < 1.29 is 15.0 Å². The monoisotopic (exact) mass is 369 g/mol. The summed E-state index contributed by atoms with van der Waals surface area (Å²) in [6.07, 6.45) is 1.36. The maximum atomic E-state index is 11.0. The molecule has 3 aromatic rings. The van der Waals surface area contributed by atoms with Gasteiger partial charge >= 0.3 is 5.97 Å². The molecule has 7 heteroatoms. The lowest BCUT2D eigenvalue weighted by atomic mass is 10.00. The minimum absolute atomic E-state index is 0.0692. The molecule has 0 atom stereocenters. The van der Waals surface area contributed by atoms with Gasteiger partial charge in [-0.15, -0.1) is 0 Å². The number of rotatable bonds is 3. The second-order valence-corrected chi connectivity index (χ2v) is 6.24. The third kappa shape index (κ3) is 2.85. The van der Waals surface area contributed by atoms with Crippen LogP contribution in [0.4, 0.5) is 0 Å². The zero-order valence-corrected chi connectivity index (χ0v) is 13.8. The van der Waals surface area contributed by atoms with Gasteiger partial charge in [-0.25, -0.2) is 0 Å². The molecule has 4 nitrogen and oxygen atoms in total. The van der Waals surface area contributed by atoms with Gasteiger partial charge in [0.15, 0.2) is 0 Å². The lowest BCUT2D eigenvalue weighted by Gasteiger charge is -2.11. The number of aliphatic carboxylic acids is 1. The van der Waals surface area contributed by atoms with E-state index in [-0.39, 0.29) is 22.2 Å². The first-order chi connectivity index (χ1) is 10.9. The third-order valence-corrected chi connectivity index (χ3v) is 4.55. The summed E-state index contributed by atoms with van der Waals surface area (Å²) in [5.41, 5.74) is 2.02. The number of nitrogens with one attached hydrogen (secondary N) is 1. The highest BCUT2D eigenvalue weighted by atomic mass is 35.5. The highest BCUT2D eigenvalue weighted by molar-refractivity contribution is 6.45. The van der Waals surface area contributed by atoms with E-state index in [1.807, 2.05) is 0 Å². The smallest absolute Gasteiger partial charge is 0.307 e. The van der Waals surface area contributed by atoms with Gasteiger partial charge in [0.2, 0.25) is 0 Å². The van der Waals surface area contributed by atoms with Gasteiger partial charge < -0.3 is 15.2 Å². The number of carbonyl (C=O) groups is 1. The van der Waals surface area contributed by atoms with Gasteiger partial charge in [0.25, 0.3) is 0 Å². The average molecular weight is 371 g/mol. The van der Waals surface area contributed by atoms with E-state index in [1.54, 1.807) is 24.4 Å². The van der Waals surface area contributed by atoms with Gasteiger partial charge in [0.05, 0.1) is 16.5 Å². The van der Waals surface area contributed by atoms with Crippen molar-refractivity contribution in [3.05, 3.63) is 51.1 Å². The van der Waals surface area contributed by atoms with Crippen LogP contribution in [0.5, 0.6) is 5.75 Å². The van der Waals surface area contributed by atoms with Crippen molar-refractivity contribution in [2.75, 3.05) is 0 Å². The Labute approximate surface area is 146 Å². The zero-order valence-electron chi connectivity index (χ0n) is 11.5. The molecule has 0 unspecified atom stereocenters. The molecule has 3 N–H and O–H groups in total. The summed E-state index contributed by atoms with van der Waals surface area (Å²) < 4.78 is 0. The lowest BCUT2D eigenvalue weighted by Crippen LogP contribution is -1.99. The fourth-order valence-electron chi connectivity index (χ4n) is 2.55. The molecular formula is C16H10Cl3NO3. The Kier molecular flexibility index (Phi) is 4.15. The predicted octanol–water partition coefficient (Wildman–Crippen LogP) is 5.13. The van der Waals surface area contributed by atoms with Gasteiger partial charge in [-0.05, 0) is 29.8 Å². The first-order valence-electron chi connectivity index (χ1n) is 6.57. The van der Waals surface area contributed by atoms with Crippen LogP contribution < -0.4 is 0 Å². The molecule has 23 heavy (non-hydrogen) atoms. The summed E-state index contributed by atoms with van der Waals surface area (Å²) in [5.74, 6) is -1.06. The Hall–Kier alpha value is -1.88. The van der Waals surface area contributed by atoms with Gasteiger partial charge in [0.1, 0.15) is 5.75 Å². The number of benzene rings is 2. The van der Waals surface area contributed by atoms with Gasteiger partial charge in [-0.2, -0.15) is 0 Å². The molecule has 0 radical (unpaired) electrons. The highest BCUT2D eigenvalue weighted by Gasteiger charge is 2.18. The molecule has 2 aromatic carbocycles. The van der Waals surface area contributed by atoms with E-state index in [9.17, 15) is 9.90 Å². The van der Waals surface area contributed by atoms with Crippen molar-refractivity contribution in [2.24, 2.45) is 0 Å². The molecule has 0 aliphatic rings. The minimum atomic E-state index is -0.987. The number of fused-ring (bicyclic) bond motifs is 1. The Morgan fingerprint density at radius 2 is 1.87 bits per heavy atom. The fraction of sp³-hybridized carbons (Fsp3) is 0.0625. The van der Waals surface area contributed by atoms with Crippen molar-refractivity contribution >= 4 is 51.7 Å². The van der Waals surface area contributed by atoms with E-state index >= 15 is 0 Å². The Morgan fingerprint density at radius 1 is 1.13 bits per heavy atom. The molecule has 118 valence electrons. The third-order valence-electron chi connectivity index (χ3n) is 3.53. The number of H-pyrrole nitrogens is 1. The van der Waals surface area contributed by atoms with E-state index < -0.39 is 5.97 Å². The molecule has 0 amide bonds. The van der Waals surface area contributed by atoms with Crippen molar-refractivity contribution in [1.82, 2.24) is 4.98 Å². The predicted molar refractivity (Wildman–Crippen MR) is 91.8 cm³/mol. The summed E-state index contributed by atoms with van der Waals surface area (Å²) in [4.78, 5) is 13.9. The number of hydrogen-bond acceptors (Lipinski definition) is 2. The van der Waals surface area contributed by atoms with Crippen molar-refractivity contribution in [3.63, 3.8) is 0 Å². The Bertz CT molecular complexity index is 934. The summed E-state index contributed by atoms with van der Waals surface area (Å²) >= 11 is 18.3. The standard InChI is InChI=1S/C16H10Cl3NO3/c17-8-4-10(15(19)11(18)5-8)9-1-2-12-14(16(9)23)7(6-20-12)3-13(21)22/h1-2,4-6,20,23H,3H2,(H,21,22). The molecule has 0 saturated heterocycles. The number of phenolic OH excluding ortho intramolecular Hbond substituents is 1. The number of aromatic hydroxyl groups is 1. The first-order valence-corrected chi connectivity index (χ1v) is 7.70. The molecule has 3 rings (SSSR count). The van der Waals surface area contributed by atoms with E-state index in [0.717, 1.165) is 0 Å². The minimum Gasteiger partial charge on any atom is -0.507 e. The number of carboxylic acid groups (broad SMARTS) is 1. The Balaban J connectivity index is 2.27. The molecular weight excluding hydrogens is 361 g/mol. The summed E-state index contributed by atoms with van der Waals surface area (Å²) in [6, 6.07) is 6.52. The number of aromatic amines is 1. The van der Waals surface area contributed by atoms with Crippen LogP contribution in [0.2, 0.25) is 15.1 Å². The molecule has 0 spiro atoms. The van der Waals surface area contributed by atoms with Crippen LogP contribution in [-0.4, -0.2) is 21.2 Å². The highest BCUT2D eigenvalue weighted by Crippen LogP contribution is 2.43. The molecule has 0 aliphatic heterocycles. The SMILES string of the molecule is O=C(O)Cc1c[nH]c2ccc(-c3cc(Cl)cc(Cl)c3Cl)c(O)c12. The van der Waals surface area contributed by atoms with Crippen LogP contribution >= 0.6 is 34.8 Å². The number of halogens is 3. The number of aromatic nitrogens is 1. The van der Waals surface area contributed by atoms with Crippen LogP contribution in [0, 0.1) is 0 Å². The van der Waals surface area contributed by atoms with E-state index in [4.69, 9.17) is 39.9 Å². The molecule has 1 heterocycles. The van der Waals surface area contributed by atoms with E-state index in [0.29, 0.717) is 32.6 Å². The van der Waals surface area contributed by atoms with Crippen molar-refractivity contribution in [1.29, 1.82) is 0 Å². The topological polar surface area (TPSA) is 73.3 Å². The van der Waals surface area contributed by atoms with E-state index in [1.165, 1.54) is 6.07 Å². The average Bonchev–Trinajstić information content (AvgIpc) is 2.87. The maximum absolute atomic E-state index is 11.0. The number of hydrogen-bond donors (Lipinski definition) is 3. The van der Waals surface area contributed by atoms with Gasteiger partial charge in [-0.3, -0.25) is 4.79 Å². The van der Waals surface area contributed by atoms with Crippen LogP contribution in [-0.2, 0) is 11.2 Å². The van der Waals surface area contributed by atoms with Crippen LogP contribution in [0.25, 0.3) is 22.0 Å². The van der Waals surface area contributed by atoms with E-state index in [2.05, 4.69) is 4.98 Å². The Morgan fingerprint density at radius 3 is 2.57 bits per heavy atom. The van der Waals surface area contributed by atoms with Crippen LogP contribution in [0.15, 0.2) is 30.5 Å². The molecule has 0 saturated carbocycles. The van der Waals surface area contributed by atoms with Crippen LogP contribution in [0.3, 0.4) is 0 Å². The zero-order chi connectivity index (χ0) is 16.7. The quantitative estimate of drug-likeness (QED) is 0.560. The second kappa shape index (κ2) is 5.96. The number of phenols is 1. The molecule has 0 bridgehead atoms. The number of carboxylic acids is 1. The van der Waals surface area contributed by atoms with Gasteiger partial charge in [0, 0.05) is 33.2 Å². The normalized spacial score (nSPS) is 11.1. The fourth-order valence-corrected chi connectivity index (χ4v) is 3.25. The summed E-state index contributed by atoms with van der Waals surface area (Å²) in [7, 11) is 0. The first kappa shape index (κ1) is 16.0. The largest absolute Gasteiger partial charge is 0.507 e. The van der Waals surface area contributed by atoms with Gasteiger partial charge in [-0.1, -0.05) is 34.8 Å². The second-order valence-electron chi connectivity index (χ2n) is 5.02. The summed E-state index contributed by atoms with van der Waals surface area (Å²) in [5, 5.41) is 21.0. The van der Waals surface area contributed by atoms with Crippen molar-refractivity contribution in [3.8, 4) is 16.9 Å². The van der Waals surface area contributed by atoms with Crippen molar-refractivity contribution in [2.45, 2.75) is 6.42 Å². The lowest BCUT2D eigenvalue weighted by molar-refractivity contribution is -0.136. The summed E-state index contributed by atoms with van der Waals surface area (Å²) in [6.45, 7) is 0. The molecule has 1 aromatic heterocycles. The van der Waals surface area contributed by atoms with Crippen LogP contribution in [0.1, 0.15) is 5.56 Å². The maximum Gasteiger partial charge on any atom is 0.307 e. The molecule has 0 aliphatic carbocycles.